The summed E-state index contributed by atoms with van der Waals surface area (Å²) in [4.78, 5) is 12.0. The molecule has 0 spiro atoms. The van der Waals surface area contributed by atoms with Crippen molar-refractivity contribution in [1.29, 1.82) is 0 Å². The molecule has 7 nitrogen and oxygen atoms in total. The summed E-state index contributed by atoms with van der Waals surface area (Å²) in [6.45, 7) is 3.66. The van der Waals surface area contributed by atoms with E-state index in [0.717, 1.165) is 23.3 Å². The zero-order valence-electron chi connectivity index (χ0n) is 13.2. The Morgan fingerprint density at radius 1 is 1.17 bits per heavy atom. The lowest BCUT2D eigenvalue weighted by molar-refractivity contribution is -0.116. The molecule has 0 radical (unpaired) electrons. The van der Waals surface area contributed by atoms with Crippen molar-refractivity contribution < 1.29 is 17.7 Å². The van der Waals surface area contributed by atoms with Crippen LogP contribution in [-0.2, 0) is 21.2 Å². The Labute approximate surface area is 135 Å². The van der Waals surface area contributed by atoms with Crippen LogP contribution in [0.25, 0.3) is 0 Å². The first-order valence-corrected chi connectivity index (χ1v) is 8.93. The molecule has 0 unspecified atom stereocenters. The number of benzene rings is 1. The molecule has 2 N–H and O–H groups in total. The van der Waals surface area contributed by atoms with E-state index >= 15 is 0 Å². The van der Waals surface area contributed by atoms with Gasteiger partial charge in [-0.2, -0.15) is 0 Å². The third kappa shape index (κ3) is 5.10. The van der Waals surface area contributed by atoms with Gasteiger partial charge in [-0.1, -0.05) is 5.16 Å². The molecule has 0 aliphatic rings. The van der Waals surface area contributed by atoms with E-state index in [0.29, 0.717) is 24.2 Å². The number of sulfonamides is 1. The van der Waals surface area contributed by atoms with E-state index in [2.05, 4.69) is 15.2 Å². The fourth-order valence-corrected chi connectivity index (χ4v) is 2.72. The van der Waals surface area contributed by atoms with Gasteiger partial charge in [-0.25, -0.2) is 8.42 Å². The predicted octanol–water partition coefficient (Wildman–Crippen LogP) is 2.23. The van der Waals surface area contributed by atoms with Crippen LogP contribution in [0.15, 0.2) is 28.8 Å². The lowest BCUT2D eigenvalue weighted by atomic mass is 10.1. The van der Waals surface area contributed by atoms with Gasteiger partial charge in [0.2, 0.25) is 15.9 Å². The fraction of sp³-hybridized carbons (Fsp3) is 0.333. The third-order valence-electron chi connectivity index (χ3n) is 3.26. The van der Waals surface area contributed by atoms with E-state index in [9.17, 15) is 13.2 Å². The van der Waals surface area contributed by atoms with Crippen molar-refractivity contribution in [3.63, 3.8) is 0 Å². The van der Waals surface area contributed by atoms with Crippen molar-refractivity contribution in [2.75, 3.05) is 16.3 Å². The molecule has 0 saturated heterocycles. The van der Waals surface area contributed by atoms with Gasteiger partial charge in [-0.3, -0.25) is 9.52 Å². The van der Waals surface area contributed by atoms with Gasteiger partial charge in [-0.15, -0.1) is 0 Å². The molecule has 1 amide bonds. The number of carbonyl (C=O) groups is 1. The molecule has 23 heavy (non-hydrogen) atoms. The molecule has 0 atom stereocenters. The fourth-order valence-electron chi connectivity index (χ4n) is 2.16. The molecule has 2 rings (SSSR count). The summed E-state index contributed by atoms with van der Waals surface area (Å²) in [5.41, 5.74) is 2.80. The Morgan fingerprint density at radius 3 is 2.30 bits per heavy atom. The molecule has 0 saturated carbocycles. The van der Waals surface area contributed by atoms with Crippen LogP contribution in [0.5, 0.6) is 0 Å². The van der Waals surface area contributed by atoms with Crippen LogP contribution < -0.4 is 10.0 Å². The summed E-state index contributed by atoms with van der Waals surface area (Å²) in [5.74, 6) is 0.598. The van der Waals surface area contributed by atoms with Gasteiger partial charge >= 0.3 is 0 Å². The molecular formula is C15H19N3O4S. The van der Waals surface area contributed by atoms with E-state index in [1.54, 1.807) is 24.3 Å². The molecule has 0 bridgehead atoms. The van der Waals surface area contributed by atoms with Crippen molar-refractivity contribution in [3.8, 4) is 0 Å². The highest BCUT2D eigenvalue weighted by atomic mass is 32.2. The number of amides is 1. The maximum atomic E-state index is 12.0. The maximum Gasteiger partial charge on any atom is 0.229 e. The van der Waals surface area contributed by atoms with Crippen molar-refractivity contribution in [2.24, 2.45) is 0 Å². The van der Waals surface area contributed by atoms with Crippen LogP contribution in [0.3, 0.4) is 0 Å². The van der Waals surface area contributed by atoms with Crippen LogP contribution in [-0.4, -0.2) is 25.7 Å². The van der Waals surface area contributed by atoms with Crippen molar-refractivity contribution in [1.82, 2.24) is 5.16 Å². The number of nitrogens with one attached hydrogen (secondary N) is 2. The second kappa shape index (κ2) is 6.82. The first-order chi connectivity index (χ1) is 10.7. The Bertz CT molecular complexity index is 775. The summed E-state index contributed by atoms with van der Waals surface area (Å²) >= 11 is 0. The number of hydrogen-bond donors (Lipinski definition) is 2. The molecule has 124 valence electrons. The average Bonchev–Trinajstić information content (AvgIpc) is 2.76. The van der Waals surface area contributed by atoms with E-state index in [4.69, 9.17) is 4.52 Å². The van der Waals surface area contributed by atoms with Gasteiger partial charge < -0.3 is 9.84 Å². The molecule has 1 aromatic heterocycles. The number of nitrogens with zero attached hydrogens (tertiary/aromatic N) is 1. The SMILES string of the molecule is Cc1noc(C)c1CCC(=O)Nc1ccc(NS(C)(=O)=O)cc1. The highest BCUT2D eigenvalue weighted by Gasteiger charge is 2.11. The van der Waals surface area contributed by atoms with Crippen molar-refractivity contribution in [2.45, 2.75) is 26.7 Å². The van der Waals surface area contributed by atoms with Gasteiger partial charge in [0, 0.05) is 23.4 Å². The minimum Gasteiger partial charge on any atom is -0.361 e. The number of aryl methyl sites for hydroxylation is 2. The second-order valence-electron chi connectivity index (χ2n) is 5.30. The van der Waals surface area contributed by atoms with E-state index in [-0.39, 0.29) is 5.91 Å². The van der Waals surface area contributed by atoms with Gasteiger partial charge in [0.15, 0.2) is 0 Å². The number of rotatable bonds is 6. The summed E-state index contributed by atoms with van der Waals surface area (Å²) < 4.78 is 29.7. The third-order valence-corrected chi connectivity index (χ3v) is 3.86. The molecule has 0 aliphatic heterocycles. The smallest absolute Gasteiger partial charge is 0.229 e. The van der Waals surface area contributed by atoms with E-state index < -0.39 is 10.0 Å². The quantitative estimate of drug-likeness (QED) is 0.842. The molecule has 0 aliphatic carbocycles. The first-order valence-electron chi connectivity index (χ1n) is 7.04. The second-order valence-corrected chi connectivity index (χ2v) is 7.05. The minimum absolute atomic E-state index is 0.131. The Kier molecular flexibility index (Phi) is 5.05. The van der Waals surface area contributed by atoms with Gasteiger partial charge in [0.1, 0.15) is 5.76 Å². The predicted molar refractivity (Wildman–Crippen MR) is 87.8 cm³/mol. The topological polar surface area (TPSA) is 101 Å². The summed E-state index contributed by atoms with van der Waals surface area (Å²) in [6.07, 6.45) is 1.95. The normalized spacial score (nSPS) is 11.3. The highest BCUT2D eigenvalue weighted by Crippen LogP contribution is 2.17. The molecular weight excluding hydrogens is 318 g/mol. The maximum absolute atomic E-state index is 12.0. The van der Waals surface area contributed by atoms with Crippen LogP contribution in [0, 0.1) is 13.8 Å². The lowest BCUT2D eigenvalue weighted by Gasteiger charge is -2.07. The van der Waals surface area contributed by atoms with E-state index in [1.807, 2.05) is 13.8 Å². The minimum atomic E-state index is -3.31. The molecule has 8 heteroatoms. The standard InChI is InChI=1S/C15H19N3O4S/c1-10-14(11(2)22-17-10)8-9-15(19)16-12-4-6-13(7-5-12)18-23(3,20)21/h4-7,18H,8-9H2,1-3H3,(H,16,19). The Balaban J connectivity index is 1.90. The van der Waals surface area contributed by atoms with Gasteiger partial charge in [0.25, 0.3) is 0 Å². The van der Waals surface area contributed by atoms with Gasteiger partial charge in [0.05, 0.1) is 11.9 Å². The van der Waals surface area contributed by atoms with Crippen LogP contribution in [0.2, 0.25) is 0 Å². The average molecular weight is 337 g/mol. The highest BCUT2D eigenvalue weighted by molar-refractivity contribution is 7.92. The molecule has 0 fully saturated rings. The molecule has 2 aromatic rings. The summed E-state index contributed by atoms with van der Waals surface area (Å²) in [6, 6.07) is 6.46. The number of anilines is 2. The number of carbonyl (C=O) groups excluding carboxylic acids is 1. The zero-order chi connectivity index (χ0) is 17.0. The van der Waals surface area contributed by atoms with E-state index in [1.165, 1.54) is 0 Å². The largest absolute Gasteiger partial charge is 0.361 e. The summed E-state index contributed by atoms with van der Waals surface area (Å²) in [5, 5.41) is 6.62. The number of hydrogen-bond acceptors (Lipinski definition) is 5. The summed E-state index contributed by atoms with van der Waals surface area (Å²) in [7, 11) is -3.31. The Hall–Kier alpha value is -2.35. The lowest BCUT2D eigenvalue weighted by Crippen LogP contribution is -2.13. The van der Waals surface area contributed by atoms with Crippen LogP contribution >= 0.6 is 0 Å². The molecule has 1 aromatic carbocycles. The number of aromatic nitrogens is 1. The van der Waals surface area contributed by atoms with Crippen molar-refractivity contribution in [3.05, 3.63) is 41.3 Å². The Morgan fingerprint density at radius 2 is 1.78 bits per heavy atom. The van der Waals surface area contributed by atoms with Crippen molar-refractivity contribution >= 4 is 27.3 Å². The monoisotopic (exact) mass is 337 g/mol. The van der Waals surface area contributed by atoms with Crippen LogP contribution in [0.4, 0.5) is 11.4 Å². The molecule has 1 heterocycles. The van der Waals surface area contributed by atoms with Crippen LogP contribution in [0.1, 0.15) is 23.4 Å². The first kappa shape index (κ1) is 17.0. The van der Waals surface area contributed by atoms with Gasteiger partial charge in [-0.05, 0) is 44.5 Å². The zero-order valence-corrected chi connectivity index (χ0v) is 14.0.